The van der Waals surface area contributed by atoms with E-state index in [-0.39, 0.29) is 17.2 Å². The number of ether oxygens (including phenoxy) is 1. The molecule has 2 aromatic carbocycles. The molecule has 7 nitrogen and oxygen atoms in total. The lowest BCUT2D eigenvalue weighted by molar-refractivity contribution is 0.164. The predicted octanol–water partition coefficient (Wildman–Crippen LogP) is 5.62. The first-order valence-corrected chi connectivity index (χ1v) is 14.3. The summed E-state index contributed by atoms with van der Waals surface area (Å²) in [5.74, 6) is 0.156. The maximum absolute atomic E-state index is 16.5. The minimum Gasteiger partial charge on any atom is -0.461 e. The number of hydrogen-bond donors (Lipinski definition) is 2. The number of fused-ring (bicyclic) bond motifs is 4. The standard InChI is InChI=1S/C30H32ClFN6O/c31-23-9-5-7-18-6-4-8-21(24(18)23)26-25(32)27-22(14-34-26)28(38-15-19-10-11-20(16-38)35-19)37-29(36-27)39-17-30(33)12-2-1-3-13-30/h4-9,14,19-20,35H,1-3,10-13,15-17,33H2. The van der Waals surface area contributed by atoms with Gasteiger partial charge in [0.2, 0.25) is 0 Å². The molecule has 3 aliphatic rings. The first-order chi connectivity index (χ1) is 19.0. The lowest BCUT2D eigenvalue weighted by Crippen LogP contribution is -2.51. The Hall–Kier alpha value is -3.07. The average molecular weight is 547 g/mol. The van der Waals surface area contributed by atoms with Gasteiger partial charge in [0, 0.05) is 47.3 Å². The second kappa shape index (κ2) is 9.84. The van der Waals surface area contributed by atoms with Gasteiger partial charge in [0.05, 0.1) is 10.9 Å². The van der Waals surface area contributed by atoms with Gasteiger partial charge in [-0.1, -0.05) is 61.2 Å². The van der Waals surface area contributed by atoms with Crippen molar-refractivity contribution in [1.82, 2.24) is 20.3 Å². The Kier molecular flexibility index (Phi) is 6.29. The Balaban J connectivity index is 1.35. The number of nitrogens with zero attached hydrogens (tertiary/aromatic N) is 4. The Labute approximate surface area is 231 Å². The second-order valence-corrected chi connectivity index (χ2v) is 11.8. The third-order valence-corrected chi connectivity index (χ3v) is 8.92. The predicted molar refractivity (Wildman–Crippen MR) is 153 cm³/mol. The topological polar surface area (TPSA) is 89.2 Å². The van der Waals surface area contributed by atoms with E-state index in [0.29, 0.717) is 40.5 Å². The number of piperazine rings is 1. The molecular formula is C30H32ClFN6O. The lowest BCUT2D eigenvalue weighted by atomic mass is 9.83. The van der Waals surface area contributed by atoms with E-state index in [2.05, 4.69) is 20.2 Å². The zero-order valence-corrected chi connectivity index (χ0v) is 22.6. The fourth-order valence-electron chi connectivity index (χ4n) is 6.59. The summed E-state index contributed by atoms with van der Waals surface area (Å²) in [5, 5.41) is 6.47. The Morgan fingerprint density at radius 1 is 1.05 bits per heavy atom. The van der Waals surface area contributed by atoms with E-state index in [0.717, 1.165) is 62.4 Å². The molecule has 2 aromatic heterocycles. The van der Waals surface area contributed by atoms with Crippen LogP contribution in [0.2, 0.25) is 5.02 Å². The van der Waals surface area contributed by atoms with E-state index < -0.39 is 11.4 Å². The molecule has 2 unspecified atom stereocenters. The molecule has 1 aliphatic carbocycles. The summed E-state index contributed by atoms with van der Waals surface area (Å²) in [6.07, 6.45) is 9.12. The van der Waals surface area contributed by atoms with Crippen molar-refractivity contribution < 1.29 is 9.13 Å². The van der Waals surface area contributed by atoms with Gasteiger partial charge in [-0.15, -0.1) is 0 Å². The molecule has 9 heteroatoms. The number of aromatic nitrogens is 3. The van der Waals surface area contributed by atoms with Crippen LogP contribution in [0.3, 0.4) is 0 Å². The van der Waals surface area contributed by atoms with Gasteiger partial charge in [-0.25, -0.2) is 4.39 Å². The van der Waals surface area contributed by atoms with Crippen molar-refractivity contribution in [3.05, 3.63) is 53.4 Å². The zero-order chi connectivity index (χ0) is 26.6. The number of benzene rings is 2. The van der Waals surface area contributed by atoms with Crippen LogP contribution in [-0.4, -0.2) is 52.3 Å². The van der Waals surface area contributed by atoms with Crippen molar-refractivity contribution in [2.45, 2.75) is 62.6 Å². The molecule has 0 amide bonds. The molecule has 202 valence electrons. The van der Waals surface area contributed by atoms with Gasteiger partial charge in [0.25, 0.3) is 0 Å². The average Bonchev–Trinajstić information content (AvgIpc) is 3.29. The van der Waals surface area contributed by atoms with E-state index in [1.807, 2.05) is 36.4 Å². The van der Waals surface area contributed by atoms with E-state index in [1.165, 1.54) is 6.42 Å². The van der Waals surface area contributed by atoms with Crippen molar-refractivity contribution in [2.75, 3.05) is 24.6 Å². The number of halogens is 2. The lowest BCUT2D eigenvalue weighted by Gasteiger charge is -2.35. The van der Waals surface area contributed by atoms with Crippen molar-refractivity contribution in [3.8, 4) is 17.3 Å². The summed E-state index contributed by atoms with van der Waals surface area (Å²) in [7, 11) is 0. The van der Waals surface area contributed by atoms with Crippen molar-refractivity contribution in [3.63, 3.8) is 0 Å². The summed E-state index contributed by atoms with van der Waals surface area (Å²) in [5.41, 5.74) is 7.27. The number of pyridine rings is 1. The van der Waals surface area contributed by atoms with Crippen LogP contribution in [-0.2, 0) is 0 Å². The Morgan fingerprint density at radius 3 is 2.56 bits per heavy atom. The number of anilines is 1. The van der Waals surface area contributed by atoms with Gasteiger partial charge in [-0.2, -0.15) is 9.97 Å². The van der Waals surface area contributed by atoms with Crippen LogP contribution in [0.4, 0.5) is 10.2 Å². The van der Waals surface area contributed by atoms with Crippen LogP contribution in [0.1, 0.15) is 44.9 Å². The summed E-state index contributed by atoms with van der Waals surface area (Å²) in [4.78, 5) is 16.3. The molecule has 2 atom stereocenters. The van der Waals surface area contributed by atoms with Gasteiger partial charge in [0.15, 0.2) is 5.82 Å². The monoisotopic (exact) mass is 546 g/mol. The first kappa shape index (κ1) is 24.9. The number of hydrogen-bond acceptors (Lipinski definition) is 7. The summed E-state index contributed by atoms with van der Waals surface area (Å²) >= 11 is 6.58. The number of nitrogens with one attached hydrogen (secondary N) is 1. The first-order valence-electron chi connectivity index (χ1n) is 13.9. The molecule has 4 heterocycles. The maximum atomic E-state index is 16.5. The summed E-state index contributed by atoms with van der Waals surface area (Å²) < 4.78 is 22.6. The van der Waals surface area contributed by atoms with Crippen LogP contribution in [0.5, 0.6) is 6.01 Å². The van der Waals surface area contributed by atoms with E-state index in [4.69, 9.17) is 27.1 Å². The minimum absolute atomic E-state index is 0.158. The number of rotatable bonds is 5. The third-order valence-electron chi connectivity index (χ3n) is 8.61. The molecule has 2 bridgehead atoms. The molecule has 2 saturated heterocycles. The van der Waals surface area contributed by atoms with Gasteiger partial charge in [-0.05, 0) is 37.1 Å². The van der Waals surface area contributed by atoms with Crippen LogP contribution < -0.4 is 20.7 Å². The van der Waals surface area contributed by atoms with Crippen molar-refractivity contribution in [1.29, 1.82) is 0 Å². The second-order valence-electron chi connectivity index (χ2n) is 11.4. The highest BCUT2D eigenvalue weighted by Gasteiger charge is 2.35. The fraction of sp³-hybridized carbons (Fsp3) is 0.433. The van der Waals surface area contributed by atoms with Gasteiger partial charge < -0.3 is 20.7 Å². The summed E-state index contributed by atoms with van der Waals surface area (Å²) in [6.45, 7) is 1.90. The molecule has 3 fully saturated rings. The maximum Gasteiger partial charge on any atom is 0.319 e. The zero-order valence-electron chi connectivity index (χ0n) is 21.8. The normalized spacial score (nSPS) is 22.5. The smallest absolute Gasteiger partial charge is 0.319 e. The van der Waals surface area contributed by atoms with Crippen LogP contribution in [0.25, 0.3) is 32.9 Å². The summed E-state index contributed by atoms with van der Waals surface area (Å²) in [6, 6.07) is 12.3. The molecule has 7 rings (SSSR count). The molecule has 0 spiro atoms. The quantitative estimate of drug-likeness (QED) is 0.336. The highest BCUT2D eigenvalue weighted by Crippen LogP contribution is 2.38. The van der Waals surface area contributed by atoms with Crippen molar-refractivity contribution in [2.24, 2.45) is 5.73 Å². The van der Waals surface area contributed by atoms with Gasteiger partial charge in [-0.3, -0.25) is 4.98 Å². The van der Waals surface area contributed by atoms with Gasteiger partial charge in [0.1, 0.15) is 23.6 Å². The van der Waals surface area contributed by atoms with E-state index in [1.54, 1.807) is 6.20 Å². The largest absolute Gasteiger partial charge is 0.461 e. The molecule has 3 N–H and O–H groups in total. The van der Waals surface area contributed by atoms with Crippen molar-refractivity contribution >= 4 is 39.1 Å². The SMILES string of the molecule is NC1(COc2nc(N3CC4CCC(C3)N4)c3cnc(-c4cccc5cccc(Cl)c45)c(F)c3n2)CCCCC1. The fourth-order valence-corrected chi connectivity index (χ4v) is 6.87. The van der Waals surface area contributed by atoms with E-state index >= 15 is 4.39 Å². The van der Waals surface area contributed by atoms with Gasteiger partial charge >= 0.3 is 6.01 Å². The van der Waals surface area contributed by atoms with E-state index in [9.17, 15) is 0 Å². The Morgan fingerprint density at radius 2 is 1.79 bits per heavy atom. The molecule has 1 saturated carbocycles. The molecular weight excluding hydrogens is 515 g/mol. The molecule has 0 radical (unpaired) electrons. The van der Waals surface area contributed by atoms with Crippen LogP contribution in [0.15, 0.2) is 42.6 Å². The number of nitrogens with two attached hydrogens (primary N) is 1. The Bertz CT molecular complexity index is 1540. The molecule has 2 aliphatic heterocycles. The third kappa shape index (κ3) is 4.58. The van der Waals surface area contributed by atoms with Crippen LogP contribution in [0, 0.1) is 5.82 Å². The molecule has 4 aromatic rings. The molecule has 39 heavy (non-hydrogen) atoms. The highest BCUT2D eigenvalue weighted by atomic mass is 35.5. The van der Waals surface area contributed by atoms with Crippen LogP contribution >= 0.6 is 11.6 Å². The highest BCUT2D eigenvalue weighted by molar-refractivity contribution is 6.36. The minimum atomic E-state index is -0.508.